The molecule has 11 nitrogen and oxygen atoms in total. The lowest BCUT2D eigenvalue weighted by molar-refractivity contribution is -0.384. The second-order valence-electron chi connectivity index (χ2n) is 8.53. The van der Waals surface area contributed by atoms with E-state index in [1.54, 1.807) is 35.2 Å². The molecule has 0 spiro atoms. The standard InChI is InChI=1S/C23H28FN7O4/c1-2-21(30-12-10-25-14-30)27-20-8-7-19(31(34)35)22(28-20)26-15-3-5-16(6-4-15)29-11-9-17(23(32)33)18(24)13-29/h3-8,10,17-18,21H,2,9,11-14H2,1H3,(H,32,33)(H2,26,27,28). The summed E-state index contributed by atoms with van der Waals surface area (Å²) in [5, 5.41) is 27.0. The molecule has 3 unspecified atom stereocenters. The van der Waals surface area contributed by atoms with E-state index < -0.39 is 23.0 Å². The molecule has 1 fully saturated rings. The van der Waals surface area contributed by atoms with Gasteiger partial charge in [0, 0.05) is 36.7 Å². The van der Waals surface area contributed by atoms with Gasteiger partial charge in [0.1, 0.15) is 12.0 Å². The van der Waals surface area contributed by atoms with E-state index in [-0.39, 0.29) is 30.6 Å². The summed E-state index contributed by atoms with van der Waals surface area (Å²) in [6, 6.07) is 9.99. The maximum absolute atomic E-state index is 14.3. The van der Waals surface area contributed by atoms with Gasteiger partial charge >= 0.3 is 11.7 Å². The fraction of sp³-hybridized carbons (Fsp3) is 0.435. The molecular formula is C23H28FN7O4. The number of nitrogens with one attached hydrogen (secondary N) is 2. The van der Waals surface area contributed by atoms with Crippen molar-refractivity contribution >= 4 is 40.9 Å². The number of anilines is 4. The van der Waals surface area contributed by atoms with Crippen LogP contribution in [0.25, 0.3) is 0 Å². The van der Waals surface area contributed by atoms with Gasteiger partial charge in [-0.3, -0.25) is 24.8 Å². The predicted molar refractivity (Wildman–Crippen MR) is 131 cm³/mol. The molecule has 0 amide bonds. The number of aliphatic imine (C=N–C) groups is 1. The van der Waals surface area contributed by atoms with E-state index in [4.69, 9.17) is 5.11 Å². The zero-order valence-electron chi connectivity index (χ0n) is 19.3. The molecule has 3 N–H and O–H groups in total. The maximum Gasteiger partial charge on any atom is 0.311 e. The van der Waals surface area contributed by atoms with Crippen LogP contribution in [0.5, 0.6) is 0 Å². The average molecular weight is 486 g/mol. The van der Waals surface area contributed by atoms with Crippen molar-refractivity contribution in [3.63, 3.8) is 0 Å². The number of aromatic nitrogens is 1. The molecule has 0 radical (unpaired) electrons. The van der Waals surface area contributed by atoms with E-state index in [9.17, 15) is 19.3 Å². The highest BCUT2D eigenvalue weighted by Gasteiger charge is 2.34. The number of carboxylic acid groups (broad SMARTS) is 1. The number of alkyl halides is 1. The lowest BCUT2D eigenvalue weighted by atomic mass is 9.95. The quantitative estimate of drug-likeness (QED) is 0.360. The van der Waals surface area contributed by atoms with Crippen molar-refractivity contribution in [3.8, 4) is 0 Å². The molecule has 0 saturated carbocycles. The van der Waals surface area contributed by atoms with Gasteiger partial charge in [-0.25, -0.2) is 9.37 Å². The van der Waals surface area contributed by atoms with E-state index in [0.717, 1.165) is 18.7 Å². The molecular weight excluding hydrogens is 457 g/mol. The Balaban J connectivity index is 1.47. The Kier molecular flexibility index (Phi) is 7.39. The molecule has 2 aromatic rings. The minimum atomic E-state index is -1.44. The van der Waals surface area contributed by atoms with Gasteiger partial charge in [0.05, 0.1) is 30.2 Å². The first-order chi connectivity index (χ1) is 16.9. The third kappa shape index (κ3) is 5.65. The first-order valence-electron chi connectivity index (χ1n) is 11.5. The van der Waals surface area contributed by atoms with Crippen LogP contribution in [0.2, 0.25) is 0 Å². The third-order valence-electron chi connectivity index (χ3n) is 6.27. The van der Waals surface area contributed by atoms with Crippen molar-refractivity contribution in [1.82, 2.24) is 9.88 Å². The zero-order chi connectivity index (χ0) is 24.9. The molecule has 4 rings (SSSR count). The summed E-state index contributed by atoms with van der Waals surface area (Å²) in [6.07, 6.45) is 1.43. The van der Waals surface area contributed by atoms with Gasteiger partial charge in [0.25, 0.3) is 0 Å². The van der Waals surface area contributed by atoms with Crippen molar-refractivity contribution in [3.05, 3.63) is 46.5 Å². The van der Waals surface area contributed by atoms with Gasteiger partial charge in [-0.1, -0.05) is 6.92 Å². The van der Waals surface area contributed by atoms with Crippen molar-refractivity contribution in [2.45, 2.75) is 32.1 Å². The van der Waals surface area contributed by atoms with E-state index in [1.165, 1.54) is 6.07 Å². The smallest absolute Gasteiger partial charge is 0.311 e. The van der Waals surface area contributed by atoms with Crippen LogP contribution in [-0.2, 0) is 4.79 Å². The third-order valence-corrected chi connectivity index (χ3v) is 6.27. The molecule has 2 aliphatic heterocycles. The number of nitro groups is 1. The van der Waals surface area contributed by atoms with Gasteiger partial charge in [-0.2, -0.15) is 0 Å². The van der Waals surface area contributed by atoms with E-state index in [0.29, 0.717) is 24.7 Å². The SMILES string of the molecule is CCC(Nc1ccc([N+](=O)[O-])c(Nc2ccc(N3CCC(C(=O)O)C(F)C3)cc2)n1)N1CC=NC1. The van der Waals surface area contributed by atoms with Crippen LogP contribution < -0.4 is 15.5 Å². The Bertz CT molecular complexity index is 1090. The lowest BCUT2D eigenvalue weighted by Crippen LogP contribution is -2.44. The number of halogens is 1. The summed E-state index contributed by atoms with van der Waals surface area (Å²) in [7, 11) is 0. The van der Waals surface area contributed by atoms with Crippen LogP contribution in [0.3, 0.4) is 0 Å². The molecule has 3 heterocycles. The van der Waals surface area contributed by atoms with Crippen LogP contribution in [0.15, 0.2) is 41.4 Å². The number of aliphatic carboxylic acids is 1. The van der Waals surface area contributed by atoms with E-state index >= 15 is 0 Å². The largest absolute Gasteiger partial charge is 0.481 e. The lowest BCUT2D eigenvalue weighted by Gasteiger charge is -2.34. The van der Waals surface area contributed by atoms with Gasteiger partial charge in [-0.05, 0) is 43.2 Å². The first kappa shape index (κ1) is 24.3. The Morgan fingerprint density at radius 3 is 2.69 bits per heavy atom. The fourth-order valence-electron chi connectivity index (χ4n) is 4.31. The first-order valence-corrected chi connectivity index (χ1v) is 11.5. The second-order valence-corrected chi connectivity index (χ2v) is 8.53. The van der Waals surface area contributed by atoms with Gasteiger partial charge < -0.3 is 20.6 Å². The topological polar surface area (TPSA) is 136 Å². The summed E-state index contributed by atoms with van der Waals surface area (Å²) in [4.78, 5) is 34.8. The molecule has 0 bridgehead atoms. The van der Waals surface area contributed by atoms with E-state index in [1.807, 2.05) is 13.1 Å². The highest BCUT2D eigenvalue weighted by molar-refractivity contribution is 5.72. The molecule has 1 aromatic heterocycles. The predicted octanol–water partition coefficient (Wildman–Crippen LogP) is 3.47. The number of piperidine rings is 1. The van der Waals surface area contributed by atoms with Gasteiger partial charge in [0.2, 0.25) is 5.82 Å². The summed E-state index contributed by atoms with van der Waals surface area (Å²) in [5.74, 6) is -1.48. The average Bonchev–Trinajstić information content (AvgIpc) is 3.37. The van der Waals surface area contributed by atoms with Gasteiger partial charge in [-0.15, -0.1) is 0 Å². The summed E-state index contributed by atoms with van der Waals surface area (Å²) < 4.78 is 14.3. The number of pyridine rings is 1. The molecule has 2 aliphatic rings. The van der Waals surface area contributed by atoms with Gasteiger partial charge in [0.15, 0.2) is 0 Å². The number of carbonyl (C=O) groups is 1. The Hall–Kier alpha value is -3.80. The fourth-order valence-corrected chi connectivity index (χ4v) is 4.31. The van der Waals surface area contributed by atoms with Crippen molar-refractivity contribution in [1.29, 1.82) is 0 Å². The van der Waals surface area contributed by atoms with E-state index in [2.05, 4.69) is 25.5 Å². The molecule has 1 aromatic carbocycles. The summed E-state index contributed by atoms with van der Waals surface area (Å²) in [5.41, 5.74) is 1.17. The second kappa shape index (κ2) is 10.6. The highest BCUT2D eigenvalue weighted by atomic mass is 19.1. The number of hydrogen-bond donors (Lipinski definition) is 3. The van der Waals surface area contributed by atoms with Crippen LogP contribution in [0, 0.1) is 16.0 Å². The molecule has 12 heteroatoms. The van der Waals surface area contributed by atoms with Crippen LogP contribution in [0.1, 0.15) is 19.8 Å². The Labute approximate surface area is 201 Å². The number of rotatable bonds is 9. The summed E-state index contributed by atoms with van der Waals surface area (Å²) in [6.45, 7) is 3.80. The summed E-state index contributed by atoms with van der Waals surface area (Å²) >= 11 is 0. The minimum Gasteiger partial charge on any atom is -0.481 e. The normalized spacial score (nSPS) is 21.0. The molecule has 1 saturated heterocycles. The molecule has 0 aliphatic carbocycles. The zero-order valence-corrected chi connectivity index (χ0v) is 19.3. The minimum absolute atomic E-state index is 0.00510. The Morgan fingerprint density at radius 2 is 2.09 bits per heavy atom. The molecule has 3 atom stereocenters. The number of nitrogens with zero attached hydrogens (tertiary/aromatic N) is 5. The Morgan fingerprint density at radius 1 is 1.31 bits per heavy atom. The number of carboxylic acids is 1. The molecule has 186 valence electrons. The van der Waals surface area contributed by atoms with Crippen molar-refractivity contribution in [2.24, 2.45) is 10.9 Å². The maximum atomic E-state index is 14.3. The number of benzene rings is 1. The van der Waals surface area contributed by atoms with Crippen LogP contribution in [0.4, 0.5) is 33.1 Å². The number of hydrogen-bond acceptors (Lipinski definition) is 9. The molecule has 35 heavy (non-hydrogen) atoms. The van der Waals surface area contributed by atoms with Crippen LogP contribution >= 0.6 is 0 Å². The van der Waals surface area contributed by atoms with Crippen molar-refractivity contribution < 1.29 is 19.2 Å². The monoisotopic (exact) mass is 485 g/mol. The van der Waals surface area contributed by atoms with Crippen LogP contribution in [-0.4, -0.2) is 70.7 Å². The highest BCUT2D eigenvalue weighted by Crippen LogP contribution is 2.30. The van der Waals surface area contributed by atoms with Crippen molar-refractivity contribution in [2.75, 3.05) is 41.8 Å².